The van der Waals surface area contributed by atoms with Gasteiger partial charge in [-0.05, 0) is 54.3 Å². The van der Waals surface area contributed by atoms with Crippen LogP contribution >= 0.6 is 27.5 Å². The molecule has 0 saturated carbocycles. The smallest absolute Gasteiger partial charge is 0.149 e. The van der Waals surface area contributed by atoms with Crippen LogP contribution in [0.3, 0.4) is 0 Å². The molecule has 0 bridgehead atoms. The van der Waals surface area contributed by atoms with Crippen molar-refractivity contribution in [3.8, 4) is 0 Å². The summed E-state index contributed by atoms with van der Waals surface area (Å²) in [6, 6.07) is 3.33. The molecule has 19 heavy (non-hydrogen) atoms. The summed E-state index contributed by atoms with van der Waals surface area (Å²) in [6.45, 7) is 4.78. The van der Waals surface area contributed by atoms with Gasteiger partial charge in [0.25, 0.3) is 0 Å². The van der Waals surface area contributed by atoms with Gasteiger partial charge in [0.2, 0.25) is 0 Å². The van der Waals surface area contributed by atoms with Gasteiger partial charge in [-0.3, -0.25) is 0 Å². The van der Waals surface area contributed by atoms with Gasteiger partial charge in [-0.25, -0.2) is 4.39 Å². The van der Waals surface area contributed by atoms with E-state index in [9.17, 15) is 9.50 Å². The number of benzene rings is 1. The summed E-state index contributed by atoms with van der Waals surface area (Å²) in [5.41, 5.74) is -0.795. The van der Waals surface area contributed by atoms with Gasteiger partial charge in [0.1, 0.15) is 5.82 Å². The van der Waals surface area contributed by atoms with Crippen molar-refractivity contribution in [2.45, 2.75) is 31.8 Å². The normalized spacial score (nSPS) is 25.3. The van der Waals surface area contributed by atoms with Crippen LogP contribution in [0.4, 0.5) is 4.39 Å². The predicted molar refractivity (Wildman–Crippen MR) is 79.0 cm³/mol. The minimum Gasteiger partial charge on any atom is -0.385 e. The van der Waals surface area contributed by atoms with Crippen molar-refractivity contribution in [2.75, 3.05) is 19.6 Å². The molecule has 1 heterocycles. The molecule has 1 aliphatic heterocycles. The summed E-state index contributed by atoms with van der Waals surface area (Å²) in [6.07, 6.45) is 1.96. The summed E-state index contributed by atoms with van der Waals surface area (Å²) in [7, 11) is 0. The van der Waals surface area contributed by atoms with Crippen LogP contribution in [0.15, 0.2) is 16.6 Å². The van der Waals surface area contributed by atoms with Gasteiger partial charge in [-0.2, -0.15) is 0 Å². The quantitative estimate of drug-likeness (QED) is 0.817. The van der Waals surface area contributed by atoms with Crippen LogP contribution in [0.5, 0.6) is 0 Å². The lowest BCUT2D eigenvalue weighted by Crippen LogP contribution is -2.30. The summed E-state index contributed by atoms with van der Waals surface area (Å²) < 4.78 is 14.8. The first kappa shape index (κ1) is 15.2. The molecule has 0 spiro atoms. The van der Waals surface area contributed by atoms with Crippen molar-refractivity contribution >= 4 is 27.5 Å². The van der Waals surface area contributed by atoms with Crippen molar-refractivity contribution in [1.82, 2.24) is 4.90 Å². The van der Waals surface area contributed by atoms with Crippen molar-refractivity contribution in [2.24, 2.45) is 0 Å². The van der Waals surface area contributed by atoms with E-state index in [1.54, 1.807) is 12.1 Å². The molecule has 1 aromatic rings. The third-order valence-electron chi connectivity index (χ3n) is 3.89. The topological polar surface area (TPSA) is 23.5 Å². The second-order valence-electron chi connectivity index (χ2n) is 5.04. The van der Waals surface area contributed by atoms with E-state index >= 15 is 0 Å². The van der Waals surface area contributed by atoms with Gasteiger partial charge in [0.05, 0.1) is 10.6 Å². The Morgan fingerprint density at radius 1 is 1.42 bits per heavy atom. The van der Waals surface area contributed by atoms with E-state index in [1.165, 1.54) is 0 Å². The Bertz CT molecular complexity index is 471. The Labute approximate surface area is 126 Å². The molecule has 1 atom stereocenters. The minimum atomic E-state index is -1.11. The third kappa shape index (κ3) is 3.13. The fourth-order valence-electron chi connectivity index (χ4n) is 2.65. The zero-order chi connectivity index (χ0) is 14.0. The minimum absolute atomic E-state index is 0.0440. The van der Waals surface area contributed by atoms with Gasteiger partial charge >= 0.3 is 0 Å². The monoisotopic (exact) mass is 349 g/mol. The van der Waals surface area contributed by atoms with Gasteiger partial charge in [0.15, 0.2) is 0 Å². The standard InChI is InChI=1S/C14H18BrClFNO/c1-2-18-8-3-6-14(19,7-9-18)10-4-5-11(15)12(16)13(10)17/h4-5,19H,2-3,6-9H2,1H3. The van der Waals surface area contributed by atoms with Crippen LogP contribution < -0.4 is 0 Å². The first-order valence-corrected chi connectivity index (χ1v) is 7.74. The molecule has 1 aromatic carbocycles. The predicted octanol–water partition coefficient (Wildman–Crippen LogP) is 3.94. The Balaban J connectivity index is 2.32. The molecular weight excluding hydrogens is 333 g/mol. The van der Waals surface area contributed by atoms with E-state index < -0.39 is 11.4 Å². The van der Waals surface area contributed by atoms with Crippen molar-refractivity contribution in [3.63, 3.8) is 0 Å². The average Bonchev–Trinajstić information content (AvgIpc) is 2.58. The highest BCUT2D eigenvalue weighted by atomic mass is 79.9. The fraction of sp³-hybridized carbons (Fsp3) is 0.571. The Morgan fingerprint density at radius 2 is 2.16 bits per heavy atom. The van der Waals surface area contributed by atoms with Crippen LogP contribution in [0.1, 0.15) is 31.7 Å². The van der Waals surface area contributed by atoms with Gasteiger partial charge in [-0.15, -0.1) is 0 Å². The number of likely N-dealkylation sites (tertiary alicyclic amines) is 1. The van der Waals surface area contributed by atoms with E-state index in [0.717, 1.165) is 26.1 Å². The van der Waals surface area contributed by atoms with Crippen molar-refractivity contribution in [1.29, 1.82) is 0 Å². The first-order chi connectivity index (χ1) is 8.98. The molecule has 0 radical (unpaired) electrons. The van der Waals surface area contributed by atoms with Crippen molar-refractivity contribution in [3.05, 3.63) is 33.0 Å². The molecule has 1 N–H and O–H groups in total. The van der Waals surface area contributed by atoms with E-state index in [-0.39, 0.29) is 5.02 Å². The molecule has 0 amide bonds. The zero-order valence-electron chi connectivity index (χ0n) is 10.9. The molecule has 2 nitrogen and oxygen atoms in total. The van der Waals surface area contributed by atoms with Crippen molar-refractivity contribution < 1.29 is 9.50 Å². The summed E-state index contributed by atoms with van der Waals surface area (Å²) in [4.78, 5) is 2.27. The molecule has 2 rings (SSSR count). The molecule has 106 valence electrons. The summed E-state index contributed by atoms with van der Waals surface area (Å²) in [5.74, 6) is -0.511. The molecule has 0 aromatic heterocycles. The molecule has 1 fully saturated rings. The number of nitrogens with zero attached hydrogens (tertiary/aromatic N) is 1. The second-order valence-corrected chi connectivity index (χ2v) is 6.27. The summed E-state index contributed by atoms with van der Waals surface area (Å²) in [5, 5.41) is 10.8. The van der Waals surface area contributed by atoms with Crippen LogP contribution in [-0.2, 0) is 5.60 Å². The largest absolute Gasteiger partial charge is 0.385 e. The van der Waals surface area contributed by atoms with E-state index in [2.05, 4.69) is 27.8 Å². The molecule has 5 heteroatoms. The molecule has 1 unspecified atom stereocenters. The number of hydrogen-bond acceptors (Lipinski definition) is 2. The van der Waals surface area contributed by atoms with E-state index in [1.807, 2.05) is 0 Å². The molecule has 1 saturated heterocycles. The molecule has 1 aliphatic rings. The number of rotatable bonds is 2. The Morgan fingerprint density at radius 3 is 2.84 bits per heavy atom. The van der Waals surface area contributed by atoms with Gasteiger partial charge in [0, 0.05) is 16.6 Å². The SMILES string of the molecule is CCN1CCCC(O)(c2ccc(Br)c(Cl)c2F)CC1. The maximum absolute atomic E-state index is 14.3. The first-order valence-electron chi connectivity index (χ1n) is 6.56. The van der Waals surface area contributed by atoms with Crippen LogP contribution in [-0.4, -0.2) is 29.6 Å². The fourth-order valence-corrected chi connectivity index (χ4v) is 3.12. The lowest BCUT2D eigenvalue weighted by molar-refractivity contribution is 0.0180. The molecular formula is C14H18BrClFNO. The lowest BCUT2D eigenvalue weighted by Gasteiger charge is -2.28. The average molecular weight is 351 g/mol. The maximum atomic E-state index is 14.3. The third-order valence-corrected chi connectivity index (χ3v) is 5.15. The zero-order valence-corrected chi connectivity index (χ0v) is 13.3. The number of aliphatic hydroxyl groups is 1. The number of halogens is 3. The van der Waals surface area contributed by atoms with Crippen LogP contribution in [0, 0.1) is 5.82 Å². The lowest BCUT2D eigenvalue weighted by atomic mass is 9.86. The highest BCUT2D eigenvalue weighted by Gasteiger charge is 2.35. The highest BCUT2D eigenvalue weighted by molar-refractivity contribution is 9.10. The number of hydrogen-bond donors (Lipinski definition) is 1. The second kappa shape index (κ2) is 6.08. The molecule has 0 aliphatic carbocycles. The summed E-state index contributed by atoms with van der Waals surface area (Å²) >= 11 is 9.11. The Kier molecular flexibility index (Phi) is 4.88. The van der Waals surface area contributed by atoms with Gasteiger partial charge < -0.3 is 10.0 Å². The highest BCUT2D eigenvalue weighted by Crippen LogP contribution is 2.38. The van der Waals surface area contributed by atoms with Gasteiger partial charge in [-0.1, -0.05) is 24.6 Å². The maximum Gasteiger partial charge on any atom is 0.149 e. The van der Waals surface area contributed by atoms with Crippen LogP contribution in [0.25, 0.3) is 0 Å². The Hall–Kier alpha value is -0.160. The van der Waals surface area contributed by atoms with E-state index in [0.29, 0.717) is 22.9 Å². The van der Waals surface area contributed by atoms with Crippen LogP contribution in [0.2, 0.25) is 5.02 Å². The van der Waals surface area contributed by atoms with E-state index in [4.69, 9.17) is 11.6 Å².